The maximum absolute atomic E-state index is 13.4. The van der Waals surface area contributed by atoms with E-state index in [2.05, 4.69) is 23.5 Å². The predicted molar refractivity (Wildman–Crippen MR) is 253 cm³/mol. The number of fused-ring (bicyclic) bond motifs is 8. The normalized spacial score (nSPS) is 11.7. The van der Waals surface area contributed by atoms with Crippen molar-refractivity contribution < 1.29 is 10.2 Å². The minimum Gasteiger partial charge on any atom is -0.396 e. The number of benzene rings is 6. The van der Waals surface area contributed by atoms with E-state index in [0.717, 1.165) is 147 Å². The van der Waals surface area contributed by atoms with Gasteiger partial charge in [0.05, 0.1) is 22.1 Å². The third-order valence-corrected chi connectivity index (χ3v) is 11.8. The highest BCUT2D eigenvalue weighted by Gasteiger charge is 2.19. The van der Waals surface area contributed by atoms with Crippen molar-refractivity contribution >= 4 is 93.7 Å². The summed E-state index contributed by atoms with van der Waals surface area (Å²) in [6, 6.07) is 31.6. The van der Waals surface area contributed by atoms with Crippen LogP contribution in [0.1, 0.15) is 62.5 Å². The lowest BCUT2D eigenvalue weighted by atomic mass is 10.0. The Morgan fingerprint density at radius 3 is 1.62 bits per heavy atom. The lowest BCUT2D eigenvalue weighted by Crippen LogP contribution is -2.13. The van der Waals surface area contributed by atoms with Crippen LogP contribution in [-0.2, 0) is 0 Å². The molecule has 0 unspecified atom stereocenters. The van der Waals surface area contributed by atoms with Gasteiger partial charge in [-0.3, -0.25) is 18.4 Å². The minimum atomic E-state index is -0.0493. The molecule has 0 aliphatic rings. The first kappa shape index (κ1) is 41.8. The Morgan fingerprint density at radius 2 is 1.07 bits per heavy atom. The highest BCUT2D eigenvalue weighted by molar-refractivity contribution is 6.37. The molecule has 4 aromatic heterocycles. The highest BCUT2D eigenvalue weighted by Crippen LogP contribution is 2.35. The molecule has 0 amide bonds. The summed E-state index contributed by atoms with van der Waals surface area (Å²) >= 11 is 6.32. The number of aromatic nitrogens is 4. The molecule has 312 valence electrons. The van der Waals surface area contributed by atoms with Crippen molar-refractivity contribution in [3.05, 3.63) is 134 Å². The van der Waals surface area contributed by atoms with Gasteiger partial charge in [0.2, 0.25) is 0 Å². The number of aryl methyl sites for hydroxylation is 2. The van der Waals surface area contributed by atoms with Crippen molar-refractivity contribution in [1.29, 1.82) is 0 Å². The first-order valence-electron chi connectivity index (χ1n) is 21.3. The second kappa shape index (κ2) is 18.4. The molecule has 4 heterocycles. The van der Waals surface area contributed by atoms with Gasteiger partial charge in [0.25, 0.3) is 11.1 Å². The largest absolute Gasteiger partial charge is 0.396 e. The van der Waals surface area contributed by atoms with E-state index in [1.54, 1.807) is 8.80 Å². The number of aliphatic hydroxyl groups is 2. The fourth-order valence-electron chi connectivity index (χ4n) is 8.48. The van der Waals surface area contributed by atoms with Crippen LogP contribution < -0.4 is 22.2 Å². The van der Waals surface area contributed by atoms with E-state index < -0.39 is 0 Å². The predicted octanol–water partition coefficient (Wildman–Crippen LogP) is 9.92. The van der Waals surface area contributed by atoms with E-state index in [1.165, 1.54) is 0 Å². The Bertz CT molecular complexity index is 3270. The van der Waals surface area contributed by atoms with Gasteiger partial charge in [-0.2, -0.15) is 0 Å². The van der Waals surface area contributed by atoms with Crippen molar-refractivity contribution in [3.63, 3.8) is 0 Å². The molecule has 0 aliphatic heterocycles. The summed E-state index contributed by atoms with van der Waals surface area (Å²) in [6.07, 6.45) is 8.37. The molecule has 0 spiro atoms. The number of pyridine rings is 2. The van der Waals surface area contributed by atoms with Crippen LogP contribution in [-0.4, -0.2) is 55.3 Å². The molecular weight excluding hydrogens is 784 g/mol. The monoisotopic (exact) mass is 834 g/mol. The quantitative estimate of drug-likeness (QED) is 0.0890. The van der Waals surface area contributed by atoms with Crippen LogP contribution in [0.15, 0.2) is 107 Å². The van der Waals surface area contributed by atoms with E-state index in [-0.39, 0.29) is 17.7 Å². The zero-order valence-corrected chi connectivity index (χ0v) is 35.4. The zero-order chi connectivity index (χ0) is 42.6. The second-order valence-electron chi connectivity index (χ2n) is 15.8. The van der Waals surface area contributed by atoms with Gasteiger partial charge in [0.1, 0.15) is 11.3 Å². The molecule has 0 atom stereocenters. The van der Waals surface area contributed by atoms with Crippen LogP contribution in [0, 0.1) is 13.8 Å². The lowest BCUT2D eigenvalue weighted by Gasteiger charge is -2.13. The molecule has 0 saturated heterocycles. The molecule has 6 aromatic carbocycles. The summed E-state index contributed by atoms with van der Waals surface area (Å²) in [7, 11) is 0. The number of rotatable bonds is 12. The molecule has 11 heteroatoms. The molecule has 0 saturated carbocycles. The number of imidazole rings is 2. The van der Waals surface area contributed by atoms with Crippen LogP contribution in [0.25, 0.3) is 76.5 Å². The SMILES string of the molecule is Cc1ccc2c(c1)nc1c3ccc(Cl)c4cccc(c(=O)n21)c43.Cc1ccc2c(c1)nc1c3ccc(NCCCCCCO)c4cccc(c(=O)n21)c43.NCCCCCCO. The Kier molecular flexibility index (Phi) is 12.6. The second-order valence-corrected chi connectivity index (χ2v) is 16.2. The molecule has 0 radical (unpaired) electrons. The van der Waals surface area contributed by atoms with E-state index in [9.17, 15) is 9.59 Å². The average molecular weight is 835 g/mol. The van der Waals surface area contributed by atoms with Crippen LogP contribution in [0.3, 0.4) is 0 Å². The summed E-state index contributed by atoms with van der Waals surface area (Å²) in [5.41, 5.74) is 13.3. The number of anilines is 1. The Morgan fingerprint density at radius 1 is 0.574 bits per heavy atom. The topological polar surface area (TPSA) is 147 Å². The standard InChI is InChI=1S/C25H25N3O2.C19H11ClN2O.C6H15NO/c1-16-9-12-22-21(15-16)27-24-18-10-11-20(26-13-4-2-3-5-14-29)17-7-6-8-19(23(17)18)25(30)28(22)24;1-10-5-8-16-15(9-10)21-18-12-6-7-14(20)11-3-2-4-13(17(11)12)19(23)22(16)18;7-5-3-1-2-4-6-8/h6-12,15,26,29H,2-5,13-14H2,1H3;2-9H,1H3;8H,1-7H2. The van der Waals surface area contributed by atoms with E-state index in [4.69, 9.17) is 37.5 Å². The van der Waals surface area contributed by atoms with Crippen molar-refractivity contribution in [3.8, 4) is 0 Å². The van der Waals surface area contributed by atoms with Crippen molar-refractivity contribution in [1.82, 2.24) is 18.8 Å². The number of hydrogen-bond donors (Lipinski definition) is 4. The van der Waals surface area contributed by atoms with Crippen LogP contribution >= 0.6 is 11.6 Å². The summed E-state index contributed by atoms with van der Waals surface area (Å²) < 4.78 is 3.46. The number of nitrogens with two attached hydrogens (primary N) is 1. The molecule has 0 bridgehead atoms. The van der Waals surface area contributed by atoms with Gasteiger partial charge in [-0.05, 0) is 118 Å². The van der Waals surface area contributed by atoms with Gasteiger partial charge in [0, 0.05) is 73.6 Å². The van der Waals surface area contributed by atoms with E-state index in [1.807, 2.05) is 92.7 Å². The summed E-state index contributed by atoms with van der Waals surface area (Å²) in [5, 5.41) is 28.6. The van der Waals surface area contributed by atoms with Crippen LogP contribution in [0.2, 0.25) is 5.02 Å². The summed E-state index contributed by atoms with van der Waals surface area (Å²) in [5.74, 6) is 0. The summed E-state index contributed by atoms with van der Waals surface area (Å²) in [6.45, 7) is 6.30. The van der Waals surface area contributed by atoms with Gasteiger partial charge in [-0.25, -0.2) is 9.97 Å². The van der Waals surface area contributed by atoms with Crippen LogP contribution in [0.4, 0.5) is 5.69 Å². The minimum absolute atomic E-state index is 0.0180. The fraction of sp³-hybridized carbons (Fsp3) is 0.280. The molecule has 61 heavy (non-hydrogen) atoms. The molecule has 0 aliphatic carbocycles. The Labute approximate surface area is 357 Å². The Balaban J connectivity index is 0.000000147. The first-order chi connectivity index (χ1) is 29.7. The van der Waals surface area contributed by atoms with Gasteiger partial charge >= 0.3 is 0 Å². The fourth-order valence-corrected chi connectivity index (χ4v) is 8.70. The van der Waals surface area contributed by atoms with Gasteiger partial charge < -0.3 is 21.3 Å². The maximum Gasteiger partial charge on any atom is 0.264 e. The first-order valence-corrected chi connectivity index (χ1v) is 21.6. The molecule has 10 aromatic rings. The van der Waals surface area contributed by atoms with Crippen molar-refractivity contribution in [2.75, 3.05) is 31.6 Å². The molecule has 0 fully saturated rings. The number of halogens is 1. The number of unbranched alkanes of at least 4 members (excludes halogenated alkanes) is 6. The molecule has 10 rings (SSSR count). The number of aliphatic hydroxyl groups excluding tert-OH is 2. The third-order valence-electron chi connectivity index (χ3n) is 11.5. The maximum atomic E-state index is 13.4. The van der Waals surface area contributed by atoms with Gasteiger partial charge in [-0.1, -0.05) is 73.7 Å². The Hall–Kier alpha value is -5.91. The molecule has 5 N–H and O–H groups in total. The number of nitrogens with zero attached hydrogens (tertiary/aromatic N) is 4. The zero-order valence-electron chi connectivity index (χ0n) is 34.7. The lowest BCUT2D eigenvalue weighted by molar-refractivity contribution is 0.282. The molecule has 10 nitrogen and oxygen atoms in total. The van der Waals surface area contributed by atoms with Gasteiger partial charge in [0.15, 0.2) is 0 Å². The summed E-state index contributed by atoms with van der Waals surface area (Å²) in [4.78, 5) is 36.0. The number of hydrogen-bond acceptors (Lipinski definition) is 8. The van der Waals surface area contributed by atoms with E-state index in [0.29, 0.717) is 22.7 Å². The third kappa shape index (κ3) is 8.04. The van der Waals surface area contributed by atoms with Crippen LogP contribution in [0.5, 0.6) is 0 Å². The average Bonchev–Trinajstić information content (AvgIpc) is 3.84. The van der Waals surface area contributed by atoms with Crippen molar-refractivity contribution in [2.24, 2.45) is 5.73 Å². The van der Waals surface area contributed by atoms with Crippen molar-refractivity contribution in [2.45, 2.75) is 65.2 Å². The number of nitrogens with one attached hydrogen (secondary N) is 1. The highest BCUT2D eigenvalue weighted by atomic mass is 35.5. The smallest absolute Gasteiger partial charge is 0.264 e. The molecular formula is C50H51ClN6O4. The van der Waals surface area contributed by atoms with E-state index >= 15 is 0 Å². The van der Waals surface area contributed by atoms with Gasteiger partial charge in [-0.15, -0.1) is 0 Å².